The molecular formula is C27H29N3O4. The first-order valence-corrected chi connectivity index (χ1v) is 11.6. The first-order valence-electron chi connectivity index (χ1n) is 11.6. The van der Waals surface area contributed by atoms with E-state index >= 15 is 0 Å². The van der Waals surface area contributed by atoms with Gasteiger partial charge in [0.25, 0.3) is 5.56 Å². The first-order chi connectivity index (χ1) is 16.7. The third-order valence-corrected chi connectivity index (χ3v) is 6.24. The van der Waals surface area contributed by atoms with Crippen LogP contribution < -0.4 is 15.2 Å². The van der Waals surface area contributed by atoms with Crippen LogP contribution in [0, 0.1) is 0 Å². The van der Waals surface area contributed by atoms with E-state index in [9.17, 15) is 4.79 Å². The maximum atomic E-state index is 13.0. The number of morpholine rings is 1. The summed E-state index contributed by atoms with van der Waals surface area (Å²) in [6.07, 6.45) is 6.77. The number of aromatic nitrogens is 2. The van der Waals surface area contributed by atoms with E-state index in [1.807, 2.05) is 42.7 Å². The van der Waals surface area contributed by atoms with Gasteiger partial charge in [0.2, 0.25) is 0 Å². The lowest BCUT2D eigenvalue weighted by atomic mass is 10.0. The summed E-state index contributed by atoms with van der Waals surface area (Å²) in [5, 5.41) is 0. The molecule has 1 fully saturated rings. The van der Waals surface area contributed by atoms with Gasteiger partial charge in [-0.1, -0.05) is 18.2 Å². The molecule has 0 amide bonds. The lowest BCUT2D eigenvalue weighted by molar-refractivity contribution is 0.122. The highest BCUT2D eigenvalue weighted by atomic mass is 16.5. The SMILES string of the molecule is COCCOc1cccc(Cn2ccc(C3=CCc4ncc(N5CCOCC5)cc43)cc2=O)c1. The van der Waals surface area contributed by atoms with Crippen molar-refractivity contribution in [3.63, 3.8) is 0 Å². The molecule has 1 saturated heterocycles. The van der Waals surface area contributed by atoms with E-state index in [0.717, 1.165) is 72.1 Å². The standard InChI is InChI=1S/C27H29N3O4/c1-32-13-14-34-23-4-2-3-20(15-23)19-30-8-7-21(16-27(30)31)24-5-6-26-25(24)17-22(18-28-26)29-9-11-33-12-10-29/h2-5,7-8,15-18H,6,9-14,19H2,1H3. The van der Waals surface area contributed by atoms with Gasteiger partial charge in [0.1, 0.15) is 12.4 Å². The van der Waals surface area contributed by atoms with Crippen molar-refractivity contribution in [2.75, 3.05) is 51.5 Å². The summed E-state index contributed by atoms with van der Waals surface area (Å²) < 4.78 is 17.9. The van der Waals surface area contributed by atoms with Gasteiger partial charge in [0.05, 0.1) is 43.9 Å². The quantitative estimate of drug-likeness (QED) is 0.482. The molecule has 1 aromatic carbocycles. The Morgan fingerprint density at radius 3 is 2.79 bits per heavy atom. The number of allylic oxidation sites excluding steroid dienone is 1. The van der Waals surface area contributed by atoms with Crippen LogP contribution in [0.2, 0.25) is 0 Å². The highest BCUT2D eigenvalue weighted by molar-refractivity contribution is 5.85. The van der Waals surface area contributed by atoms with Crippen molar-refractivity contribution in [2.24, 2.45) is 0 Å². The van der Waals surface area contributed by atoms with Gasteiger partial charge in [0, 0.05) is 44.4 Å². The number of methoxy groups -OCH3 is 1. The second kappa shape index (κ2) is 10.2. The summed E-state index contributed by atoms with van der Waals surface area (Å²) in [5.41, 5.74) is 6.26. The summed E-state index contributed by atoms with van der Waals surface area (Å²) in [6, 6.07) is 13.8. The van der Waals surface area contributed by atoms with Crippen LogP contribution in [0.5, 0.6) is 5.75 Å². The largest absolute Gasteiger partial charge is 0.491 e. The molecule has 5 rings (SSSR count). The Hall–Kier alpha value is -3.42. The van der Waals surface area contributed by atoms with Crippen LogP contribution in [0.3, 0.4) is 0 Å². The monoisotopic (exact) mass is 459 g/mol. The Bertz CT molecular complexity index is 1240. The zero-order chi connectivity index (χ0) is 23.3. The zero-order valence-electron chi connectivity index (χ0n) is 19.4. The average Bonchev–Trinajstić information content (AvgIpc) is 3.30. The minimum atomic E-state index is -0.0325. The van der Waals surface area contributed by atoms with Crippen molar-refractivity contribution in [1.82, 2.24) is 9.55 Å². The van der Waals surface area contributed by atoms with Crippen molar-refractivity contribution in [3.05, 3.63) is 93.7 Å². The molecule has 2 aliphatic rings. The molecule has 0 bridgehead atoms. The minimum Gasteiger partial charge on any atom is -0.491 e. The summed E-state index contributed by atoms with van der Waals surface area (Å²) in [5.74, 6) is 0.774. The van der Waals surface area contributed by atoms with E-state index < -0.39 is 0 Å². The van der Waals surface area contributed by atoms with Crippen molar-refractivity contribution in [1.29, 1.82) is 0 Å². The molecule has 176 valence electrons. The summed E-state index contributed by atoms with van der Waals surface area (Å²) in [7, 11) is 1.65. The Morgan fingerprint density at radius 2 is 1.97 bits per heavy atom. The van der Waals surface area contributed by atoms with Crippen LogP contribution >= 0.6 is 0 Å². The highest BCUT2D eigenvalue weighted by Crippen LogP contribution is 2.33. The summed E-state index contributed by atoms with van der Waals surface area (Å²) in [4.78, 5) is 20.0. The lowest BCUT2D eigenvalue weighted by Crippen LogP contribution is -2.36. The second-order valence-corrected chi connectivity index (χ2v) is 8.48. The maximum absolute atomic E-state index is 13.0. The van der Waals surface area contributed by atoms with E-state index in [4.69, 9.17) is 19.2 Å². The number of ether oxygens (including phenoxy) is 3. The van der Waals surface area contributed by atoms with E-state index in [1.165, 1.54) is 0 Å². The molecule has 0 saturated carbocycles. The van der Waals surface area contributed by atoms with Crippen molar-refractivity contribution >= 4 is 11.3 Å². The Kier molecular flexibility index (Phi) is 6.74. The molecule has 2 aromatic heterocycles. The summed E-state index contributed by atoms with van der Waals surface area (Å²) >= 11 is 0. The Morgan fingerprint density at radius 1 is 1.09 bits per heavy atom. The maximum Gasteiger partial charge on any atom is 0.251 e. The summed E-state index contributed by atoms with van der Waals surface area (Å²) in [6.45, 7) is 4.72. The molecule has 0 spiro atoms. The number of anilines is 1. The molecule has 1 aliphatic heterocycles. The Labute approximate surface area is 199 Å². The third kappa shape index (κ3) is 4.90. The van der Waals surface area contributed by atoms with E-state index in [1.54, 1.807) is 17.7 Å². The third-order valence-electron chi connectivity index (χ3n) is 6.24. The number of fused-ring (bicyclic) bond motifs is 1. The Balaban J connectivity index is 1.33. The van der Waals surface area contributed by atoms with Gasteiger partial charge < -0.3 is 23.7 Å². The molecule has 0 unspecified atom stereocenters. The van der Waals surface area contributed by atoms with Gasteiger partial charge in [-0.2, -0.15) is 0 Å². The fraction of sp³-hybridized carbons (Fsp3) is 0.333. The van der Waals surface area contributed by atoms with Crippen molar-refractivity contribution in [2.45, 2.75) is 13.0 Å². The fourth-order valence-corrected chi connectivity index (χ4v) is 4.43. The molecule has 0 radical (unpaired) electrons. The zero-order valence-corrected chi connectivity index (χ0v) is 19.4. The van der Waals surface area contributed by atoms with Crippen LogP contribution in [0.1, 0.15) is 22.4 Å². The fourth-order valence-electron chi connectivity index (χ4n) is 4.43. The van der Waals surface area contributed by atoms with Crippen molar-refractivity contribution < 1.29 is 14.2 Å². The number of benzene rings is 1. The van der Waals surface area contributed by atoms with Gasteiger partial charge in [-0.15, -0.1) is 0 Å². The van der Waals surface area contributed by atoms with Crippen LogP contribution in [-0.2, 0) is 22.4 Å². The lowest BCUT2D eigenvalue weighted by Gasteiger charge is -2.29. The molecule has 1 aliphatic carbocycles. The molecule has 0 atom stereocenters. The van der Waals surface area contributed by atoms with Gasteiger partial charge in [-0.3, -0.25) is 9.78 Å². The van der Waals surface area contributed by atoms with Gasteiger partial charge >= 0.3 is 0 Å². The second-order valence-electron chi connectivity index (χ2n) is 8.48. The molecule has 3 aromatic rings. The topological polar surface area (TPSA) is 65.8 Å². The van der Waals surface area contributed by atoms with Crippen LogP contribution in [0.4, 0.5) is 5.69 Å². The number of pyridine rings is 2. The minimum absolute atomic E-state index is 0.0325. The molecule has 0 N–H and O–H groups in total. The average molecular weight is 460 g/mol. The van der Waals surface area contributed by atoms with Gasteiger partial charge in [-0.25, -0.2) is 0 Å². The number of hydrogen-bond acceptors (Lipinski definition) is 6. The number of hydrogen-bond donors (Lipinski definition) is 0. The first kappa shape index (κ1) is 22.4. The molecule has 7 heteroatoms. The van der Waals surface area contributed by atoms with Crippen LogP contribution in [-0.4, -0.2) is 56.2 Å². The van der Waals surface area contributed by atoms with E-state index in [0.29, 0.717) is 19.8 Å². The molecule has 34 heavy (non-hydrogen) atoms. The van der Waals surface area contributed by atoms with Crippen LogP contribution in [0.25, 0.3) is 5.57 Å². The number of rotatable bonds is 8. The van der Waals surface area contributed by atoms with Gasteiger partial charge in [-0.05, 0) is 41.0 Å². The van der Waals surface area contributed by atoms with Crippen LogP contribution in [0.15, 0.2) is 65.7 Å². The number of nitrogens with zero attached hydrogens (tertiary/aromatic N) is 3. The molecule has 7 nitrogen and oxygen atoms in total. The normalized spacial score (nSPS) is 15.2. The molecule has 3 heterocycles. The predicted molar refractivity (Wildman–Crippen MR) is 132 cm³/mol. The van der Waals surface area contributed by atoms with E-state index in [-0.39, 0.29) is 5.56 Å². The predicted octanol–water partition coefficient (Wildman–Crippen LogP) is 3.14. The van der Waals surface area contributed by atoms with Gasteiger partial charge in [0.15, 0.2) is 0 Å². The van der Waals surface area contributed by atoms with Crippen molar-refractivity contribution in [3.8, 4) is 5.75 Å². The smallest absolute Gasteiger partial charge is 0.251 e. The van der Waals surface area contributed by atoms with E-state index in [2.05, 4.69) is 17.0 Å². The highest BCUT2D eigenvalue weighted by Gasteiger charge is 2.20. The molecular weight excluding hydrogens is 430 g/mol.